The maximum Gasteiger partial charge on any atom is 0.407 e. The number of nitrogens with one attached hydrogen (secondary N) is 3. The van der Waals surface area contributed by atoms with E-state index >= 15 is 0 Å². The SMILES string of the molecule is COC(=O)N[C@H](C(=O)N1CCC[C@H]1c1ncc(-c2ccc(-c3ccc(-c4cnc(C5C6CCC(C6)[C@@H]5C(=O)N(C)c5ccccn5)[nH]4)cc3)cc2)[nH]1)[C@@H](C)OC. The third kappa shape index (κ3) is 7.07. The standard InChI is InChI=1S/C43H48N8O5/c1-25(55-3)38(49-43(54)56-4)42(53)51-21-7-8-34(51)39-45-23-32(47-39)28-14-10-26(11-15-28)27-12-16-29(17-13-27)33-24-46-40(48-33)36-30-18-19-31(22-30)37(36)41(52)50(2)35-9-5-6-20-44-35/h5-6,9-17,20,23-25,30-31,34,36-38H,7-8,18-19,21-22H2,1-4H3,(H,45,47)(H,46,48)(H,49,54)/t25-,30?,31?,34+,36?,37+,38+/m1/s1. The van der Waals surface area contributed by atoms with Gasteiger partial charge in [-0.05, 0) is 85.3 Å². The zero-order chi connectivity index (χ0) is 38.9. The minimum Gasteiger partial charge on any atom is -0.453 e. The predicted octanol–water partition coefficient (Wildman–Crippen LogP) is 6.74. The molecule has 290 valence electrons. The van der Waals surface area contributed by atoms with Crippen LogP contribution in [-0.4, -0.2) is 87.7 Å². The van der Waals surface area contributed by atoms with Crippen LogP contribution in [0.3, 0.4) is 0 Å². The maximum atomic E-state index is 13.9. The second-order valence-corrected chi connectivity index (χ2v) is 15.2. The molecule has 3 fully saturated rings. The van der Waals surface area contributed by atoms with Crippen LogP contribution in [0.4, 0.5) is 10.6 Å². The molecule has 13 heteroatoms. The van der Waals surface area contributed by atoms with Crippen molar-refractivity contribution >= 4 is 23.7 Å². The van der Waals surface area contributed by atoms with Gasteiger partial charge in [-0.3, -0.25) is 14.5 Å². The van der Waals surface area contributed by atoms with Gasteiger partial charge in [0.05, 0.1) is 49.0 Å². The van der Waals surface area contributed by atoms with Gasteiger partial charge in [-0.2, -0.15) is 0 Å². The summed E-state index contributed by atoms with van der Waals surface area (Å²) in [6.45, 7) is 2.30. The number of nitrogens with zero attached hydrogens (tertiary/aromatic N) is 5. The summed E-state index contributed by atoms with van der Waals surface area (Å²) in [5.41, 5.74) is 5.97. The number of ether oxygens (including phenoxy) is 2. The van der Waals surface area contributed by atoms with Gasteiger partial charge in [0.15, 0.2) is 0 Å². The van der Waals surface area contributed by atoms with Crippen LogP contribution in [-0.2, 0) is 19.1 Å². The van der Waals surface area contributed by atoms with E-state index in [0.717, 1.165) is 71.6 Å². The van der Waals surface area contributed by atoms with Gasteiger partial charge >= 0.3 is 6.09 Å². The normalized spacial score (nSPS) is 22.5. The third-order valence-corrected chi connectivity index (χ3v) is 12.2. The molecule has 13 nitrogen and oxygen atoms in total. The average molecular weight is 757 g/mol. The fourth-order valence-corrected chi connectivity index (χ4v) is 9.11. The number of methoxy groups -OCH3 is 2. The lowest BCUT2D eigenvalue weighted by atomic mass is 9.78. The number of hydrogen-bond acceptors (Lipinski definition) is 8. The van der Waals surface area contributed by atoms with E-state index < -0.39 is 18.2 Å². The van der Waals surface area contributed by atoms with Gasteiger partial charge in [0, 0.05) is 32.8 Å². The van der Waals surface area contributed by atoms with Crippen LogP contribution in [0.25, 0.3) is 33.6 Å². The van der Waals surface area contributed by atoms with Crippen molar-refractivity contribution in [1.82, 2.24) is 35.1 Å². The number of alkyl carbamates (subject to hydrolysis) is 1. The molecule has 2 saturated carbocycles. The lowest BCUT2D eigenvalue weighted by Gasteiger charge is -2.31. The van der Waals surface area contributed by atoms with Crippen LogP contribution in [0.5, 0.6) is 0 Å². The third-order valence-electron chi connectivity index (χ3n) is 12.2. The van der Waals surface area contributed by atoms with Crippen molar-refractivity contribution in [3.05, 3.63) is 97.0 Å². The van der Waals surface area contributed by atoms with Gasteiger partial charge in [0.2, 0.25) is 11.8 Å². The summed E-state index contributed by atoms with van der Waals surface area (Å²) < 4.78 is 10.2. The smallest absolute Gasteiger partial charge is 0.407 e. The number of anilines is 1. The highest BCUT2D eigenvalue weighted by molar-refractivity contribution is 5.95. The van der Waals surface area contributed by atoms with Crippen molar-refractivity contribution < 1.29 is 23.9 Å². The topological polar surface area (TPSA) is 158 Å². The Bertz CT molecular complexity index is 2170. The Kier molecular flexibility index (Phi) is 10.4. The minimum absolute atomic E-state index is 0.0666. The highest BCUT2D eigenvalue weighted by atomic mass is 16.5. The Hall–Kier alpha value is -5.82. The molecule has 4 heterocycles. The summed E-state index contributed by atoms with van der Waals surface area (Å²) in [5.74, 6) is 2.93. The summed E-state index contributed by atoms with van der Waals surface area (Å²) >= 11 is 0. The number of rotatable bonds is 11. The number of imidazole rings is 2. The van der Waals surface area contributed by atoms with Crippen molar-refractivity contribution in [1.29, 1.82) is 0 Å². The molecule has 8 rings (SSSR count). The molecule has 3 amide bonds. The summed E-state index contributed by atoms with van der Waals surface area (Å²) in [6, 6.07) is 21.3. The van der Waals surface area contributed by atoms with Gasteiger partial charge < -0.3 is 29.7 Å². The molecule has 0 spiro atoms. The molecule has 0 radical (unpaired) electrons. The molecule has 1 aliphatic heterocycles. The van der Waals surface area contributed by atoms with Gasteiger partial charge in [-0.1, -0.05) is 54.6 Å². The summed E-state index contributed by atoms with van der Waals surface area (Å²) in [4.78, 5) is 63.9. The monoisotopic (exact) mass is 756 g/mol. The largest absolute Gasteiger partial charge is 0.453 e. The summed E-state index contributed by atoms with van der Waals surface area (Å²) in [6.07, 6.45) is 9.04. The molecule has 7 atom stereocenters. The van der Waals surface area contributed by atoms with Gasteiger partial charge in [-0.15, -0.1) is 0 Å². The molecule has 1 saturated heterocycles. The quantitative estimate of drug-likeness (QED) is 0.134. The van der Waals surface area contributed by atoms with Crippen LogP contribution in [0.15, 0.2) is 85.3 Å². The molecule has 2 aliphatic carbocycles. The fraction of sp³-hybridized carbons (Fsp3) is 0.395. The van der Waals surface area contributed by atoms with Crippen molar-refractivity contribution in [2.45, 2.75) is 63.1 Å². The number of fused-ring (bicyclic) bond motifs is 2. The second kappa shape index (κ2) is 15.7. The Labute approximate surface area is 326 Å². The number of carbonyl (C=O) groups is 3. The first-order chi connectivity index (χ1) is 27.2. The number of aromatic amines is 2. The molecule has 56 heavy (non-hydrogen) atoms. The van der Waals surface area contributed by atoms with E-state index in [2.05, 4.69) is 73.8 Å². The highest BCUT2D eigenvalue weighted by Gasteiger charge is 2.53. The average Bonchev–Trinajstić information content (AvgIpc) is 4.11. The molecule has 3 aliphatic rings. The van der Waals surface area contributed by atoms with Crippen LogP contribution in [0, 0.1) is 17.8 Å². The molecule has 3 aromatic heterocycles. The van der Waals surface area contributed by atoms with Crippen molar-refractivity contribution in [2.24, 2.45) is 17.8 Å². The number of amides is 3. The molecule has 3 N–H and O–H groups in total. The Morgan fingerprint density at radius 2 is 1.45 bits per heavy atom. The van der Waals surface area contributed by atoms with E-state index in [1.807, 2.05) is 31.4 Å². The molecule has 5 aromatic rings. The number of H-pyrrole nitrogens is 2. The Morgan fingerprint density at radius 1 is 0.821 bits per heavy atom. The van der Waals surface area contributed by atoms with Crippen LogP contribution < -0.4 is 10.2 Å². The number of likely N-dealkylation sites (tertiary alicyclic amines) is 1. The molecular formula is C43H48N8O5. The van der Waals surface area contributed by atoms with E-state index in [0.29, 0.717) is 30.0 Å². The molecular weight excluding hydrogens is 709 g/mol. The molecule has 2 aromatic carbocycles. The first kappa shape index (κ1) is 37.1. The zero-order valence-corrected chi connectivity index (χ0v) is 32.1. The number of aromatic nitrogens is 5. The van der Waals surface area contributed by atoms with Crippen LogP contribution in [0.2, 0.25) is 0 Å². The maximum absolute atomic E-state index is 13.9. The van der Waals surface area contributed by atoms with Crippen molar-refractivity contribution in [2.75, 3.05) is 32.7 Å². The first-order valence-corrected chi connectivity index (χ1v) is 19.4. The van der Waals surface area contributed by atoms with Crippen molar-refractivity contribution in [3.63, 3.8) is 0 Å². The molecule has 3 unspecified atom stereocenters. The molecule has 2 bridgehead atoms. The Balaban J connectivity index is 0.935. The van der Waals surface area contributed by atoms with Crippen LogP contribution >= 0.6 is 0 Å². The predicted molar refractivity (Wildman–Crippen MR) is 211 cm³/mol. The zero-order valence-electron chi connectivity index (χ0n) is 32.1. The van der Waals surface area contributed by atoms with E-state index in [1.54, 1.807) is 29.1 Å². The van der Waals surface area contributed by atoms with E-state index in [4.69, 9.17) is 14.5 Å². The number of carbonyl (C=O) groups excluding carboxylic acids is 3. The van der Waals surface area contributed by atoms with Gasteiger partial charge in [0.1, 0.15) is 23.5 Å². The van der Waals surface area contributed by atoms with E-state index in [1.165, 1.54) is 14.2 Å². The number of benzene rings is 2. The highest BCUT2D eigenvalue weighted by Crippen LogP contribution is 2.56. The fourth-order valence-electron chi connectivity index (χ4n) is 9.11. The summed E-state index contributed by atoms with van der Waals surface area (Å²) in [7, 11) is 4.60. The van der Waals surface area contributed by atoms with E-state index in [9.17, 15) is 14.4 Å². The van der Waals surface area contributed by atoms with Gasteiger partial charge in [-0.25, -0.2) is 19.7 Å². The van der Waals surface area contributed by atoms with Crippen LogP contribution in [0.1, 0.15) is 62.6 Å². The number of pyridine rings is 1. The minimum atomic E-state index is -0.885. The lowest BCUT2D eigenvalue weighted by molar-refractivity contribution is -0.137. The van der Waals surface area contributed by atoms with Crippen molar-refractivity contribution in [3.8, 4) is 33.6 Å². The second-order valence-electron chi connectivity index (χ2n) is 15.2. The summed E-state index contributed by atoms with van der Waals surface area (Å²) in [5, 5.41) is 2.63. The first-order valence-electron chi connectivity index (χ1n) is 19.4. The van der Waals surface area contributed by atoms with E-state index in [-0.39, 0.29) is 29.7 Å². The van der Waals surface area contributed by atoms with Gasteiger partial charge in [0.25, 0.3) is 0 Å². The lowest BCUT2D eigenvalue weighted by Crippen LogP contribution is -2.54. The Morgan fingerprint density at radius 3 is 2.07 bits per heavy atom. The number of hydrogen-bond donors (Lipinski definition) is 3.